The molecule has 194 valence electrons. The number of imide groups is 1. The van der Waals surface area contributed by atoms with Crippen molar-refractivity contribution in [3.8, 4) is 11.5 Å². The largest absolute Gasteiger partial charge is 0.504 e. The summed E-state index contributed by atoms with van der Waals surface area (Å²) in [5.41, 5.74) is 3.55. The summed E-state index contributed by atoms with van der Waals surface area (Å²) < 4.78 is 19.2. The van der Waals surface area contributed by atoms with Crippen LogP contribution in [0, 0.1) is 11.7 Å². The third-order valence-electron chi connectivity index (χ3n) is 7.29. The minimum atomic E-state index is -1.44. The molecule has 1 heterocycles. The van der Waals surface area contributed by atoms with Crippen LogP contribution in [0.3, 0.4) is 0 Å². The molecule has 1 aliphatic carbocycles. The molecule has 38 heavy (non-hydrogen) atoms. The fraction of sp³-hybridized carbons (Fsp3) is 0.200. The van der Waals surface area contributed by atoms with Gasteiger partial charge in [0.15, 0.2) is 11.5 Å². The van der Waals surface area contributed by atoms with E-state index in [-0.39, 0.29) is 17.9 Å². The van der Waals surface area contributed by atoms with E-state index in [1.807, 2.05) is 13.0 Å². The second-order valence-corrected chi connectivity index (χ2v) is 9.67. The summed E-state index contributed by atoms with van der Waals surface area (Å²) in [6, 6.07) is 17.4. The van der Waals surface area contributed by atoms with Crippen molar-refractivity contribution >= 4 is 29.1 Å². The lowest BCUT2D eigenvalue weighted by Crippen LogP contribution is -2.48. The summed E-state index contributed by atoms with van der Waals surface area (Å²) in [5.74, 6) is -2.77. The van der Waals surface area contributed by atoms with Crippen molar-refractivity contribution < 1.29 is 23.8 Å². The Bertz CT molecular complexity index is 1440. The van der Waals surface area contributed by atoms with Gasteiger partial charge in [0.2, 0.25) is 0 Å². The van der Waals surface area contributed by atoms with Gasteiger partial charge in [0, 0.05) is 16.5 Å². The number of phenolic OH excluding ortho intramolecular Hbond substituents is 1. The van der Waals surface area contributed by atoms with Gasteiger partial charge in [-0.15, -0.1) is 0 Å². The number of fused-ring (bicyclic) bond motifs is 1. The van der Waals surface area contributed by atoms with Crippen LogP contribution in [0.4, 0.5) is 10.1 Å². The number of nitrogens with one attached hydrogen (secondary N) is 1. The maximum Gasteiger partial charge on any atom is 0.260 e. The number of rotatable bonds is 7. The molecule has 2 N–H and O–H groups in total. The SMILES string of the molecule is C=CC1=CC[C@H]2C(=O)N(Nc3ccc(F)cc3)C(=O)[C@@]2(c2ccc(Cl)cc2)[C@H]1c1cccc(OCC)c1O. The summed E-state index contributed by atoms with van der Waals surface area (Å²) in [6.45, 7) is 6.13. The van der Waals surface area contributed by atoms with Crippen molar-refractivity contribution in [1.29, 1.82) is 0 Å². The zero-order chi connectivity index (χ0) is 27.0. The van der Waals surface area contributed by atoms with E-state index in [0.29, 0.717) is 34.0 Å². The van der Waals surface area contributed by atoms with Gasteiger partial charge < -0.3 is 9.84 Å². The van der Waals surface area contributed by atoms with Crippen molar-refractivity contribution in [2.45, 2.75) is 24.7 Å². The van der Waals surface area contributed by atoms with E-state index in [9.17, 15) is 19.1 Å². The Hall–Kier alpha value is -4.10. The Labute approximate surface area is 225 Å². The first kappa shape index (κ1) is 25.5. The van der Waals surface area contributed by atoms with Crippen LogP contribution in [0.15, 0.2) is 91.0 Å². The molecule has 1 saturated heterocycles. The molecule has 0 saturated carbocycles. The van der Waals surface area contributed by atoms with E-state index in [1.165, 1.54) is 24.3 Å². The first-order valence-corrected chi connectivity index (χ1v) is 12.6. The molecule has 6 nitrogen and oxygen atoms in total. The predicted octanol–water partition coefficient (Wildman–Crippen LogP) is 6.13. The van der Waals surface area contributed by atoms with Crippen LogP contribution in [0.25, 0.3) is 0 Å². The van der Waals surface area contributed by atoms with Gasteiger partial charge in [-0.05, 0) is 66.9 Å². The Balaban J connectivity index is 1.75. The van der Waals surface area contributed by atoms with Crippen LogP contribution < -0.4 is 10.2 Å². The third kappa shape index (κ3) is 3.94. The molecule has 3 aromatic rings. The zero-order valence-electron chi connectivity index (χ0n) is 20.7. The Kier molecular flexibility index (Phi) is 6.71. The lowest BCUT2D eigenvalue weighted by Gasteiger charge is -2.43. The Morgan fingerprint density at radius 3 is 2.53 bits per heavy atom. The number of amides is 2. The van der Waals surface area contributed by atoms with E-state index in [2.05, 4.69) is 12.0 Å². The normalized spacial score (nSPS) is 22.6. The first-order valence-electron chi connectivity index (χ1n) is 12.3. The average Bonchev–Trinajstić information content (AvgIpc) is 3.13. The standard InChI is InChI=1S/C30H26ClFN2O4/c1-3-18-8-17-24-28(36)34(33-22-15-13-21(32)14-16-22)29(37)30(24,19-9-11-20(31)12-10-19)26(18)23-6-5-7-25(27(23)35)38-4-2/h3,5-16,24,26,33,35H,1,4,17H2,2H3/t24-,26+,30+/m0/s1. The Morgan fingerprint density at radius 1 is 1.16 bits per heavy atom. The molecule has 1 fully saturated rings. The number of nitrogens with zero attached hydrogens (tertiary/aromatic N) is 1. The van der Waals surface area contributed by atoms with Crippen LogP contribution >= 0.6 is 11.6 Å². The quantitative estimate of drug-likeness (QED) is 0.358. The number of carbonyl (C=O) groups is 2. The van der Waals surface area contributed by atoms with Crippen molar-refractivity contribution in [3.05, 3.63) is 113 Å². The second-order valence-electron chi connectivity index (χ2n) is 9.23. The predicted molar refractivity (Wildman–Crippen MR) is 143 cm³/mol. The van der Waals surface area contributed by atoms with Gasteiger partial charge in [0.1, 0.15) is 5.82 Å². The number of benzene rings is 3. The fourth-order valence-corrected chi connectivity index (χ4v) is 5.80. The molecule has 0 unspecified atom stereocenters. The number of hydrazine groups is 1. The minimum absolute atomic E-state index is 0.105. The molecule has 3 aromatic carbocycles. The van der Waals surface area contributed by atoms with Crippen LogP contribution in [0.1, 0.15) is 30.4 Å². The number of halogens is 2. The van der Waals surface area contributed by atoms with E-state index in [1.54, 1.807) is 48.5 Å². The lowest BCUT2D eigenvalue weighted by molar-refractivity contribution is -0.138. The van der Waals surface area contributed by atoms with Crippen molar-refractivity contribution in [1.82, 2.24) is 5.01 Å². The van der Waals surface area contributed by atoms with Gasteiger partial charge in [0.05, 0.1) is 23.6 Å². The molecule has 2 aliphatic rings. The van der Waals surface area contributed by atoms with Gasteiger partial charge >= 0.3 is 0 Å². The van der Waals surface area contributed by atoms with E-state index >= 15 is 0 Å². The number of aromatic hydroxyl groups is 1. The van der Waals surface area contributed by atoms with Crippen LogP contribution in [0.5, 0.6) is 11.5 Å². The number of anilines is 1. The van der Waals surface area contributed by atoms with Gasteiger partial charge in [-0.3, -0.25) is 15.0 Å². The highest BCUT2D eigenvalue weighted by atomic mass is 35.5. The number of allylic oxidation sites excluding steroid dienone is 3. The smallest absolute Gasteiger partial charge is 0.260 e. The fourth-order valence-electron chi connectivity index (χ4n) is 5.68. The van der Waals surface area contributed by atoms with Crippen molar-refractivity contribution in [3.63, 3.8) is 0 Å². The van der Waals surface area contributed by atoms with Crippen LogP contribution in [-0.2, 0) is 15.0 Å². The molecule has 0 aromatic heterocycles. The third-order valence-corrected chi connectivity index (χ3v) is 7.54. The van der Waals surface area contributed by atoms with Gasteiger partial charge in [-0.2, -0.15) is 5.01 Å². The molecule has 1 aliphatic heterocycles. The summed E-state index contributed by atoms with van der Waals surface area (Å²) in [5, 5.41) is 12.8. The molecule has 3 atom stereocenters. The second kappa shape index (κ2) is 9.99. The van der Waals surface area contributed by atoms with Crippen LogP contribution in [0.2, 0.25) is 5.02 Å². The molecule has 2 amide bonds. The highest BCUT2D eigenvalue weighted by molar-refractivity contribution is 6.30. The molecule has 0 spiro atoms. The first-order chi connectivity index (χ1) is 18.3. The van der Waals surface area contributed by atoms with E-state index in [0.717, 1.165) is 5.01 Å². The highest BCUT2D eigenvalue weighted by Gasteiger charge is 2.66. The van der Waals surface area contributed by atoms with Crippen molar-refractivity contribution in [2.24, 2.45) is 5.92 Å². The number of ether oxygens (including phenoxy) is 1. The van der Waals surface area contributed by atoms with E-state index in [4.69, 9.17) is 16.3 Å². The van der Waals surface area contributed by atoms with Gasteiger partial charge in [0.25, 0.3) is 11.8 Å². The molecule has 0 radical (unpaired) electrons. The summed E-state index contributed by atoms with van der Waals surface area (Å²) in [4.78, 5) is 28.5. The topological polar surface area (TPSA) is 78.9 Å². The molecular weight excluding hydrogens is 507 g/mol. The number of phenols is 1. The van der Waals surface area contributed by atoms with Crippen molar-refractivity contribution in [2.75, 3.05) is 12.0 Å². The number of para-hydroxylation sites is 1. The van der Waals surface area contributed by atoms with Gasteiger partial charge in [-0.25, -0.2) is 4.39 Å². The summed E-state index contributed by atoms with van der Waals surface area (Å²) >= 11 is 6.21. The Morgan fingerprint density at radius 2 is 1.87 bits per heavy atom. The maximum absolute atomic E-state index is 14.6. The van der Waals surface area contributed by atoms with E-state index < -0.39 is 34.9 Å². The number of carbonyl (C=O) groups excluding carboxylic acids is 2. The molecule has 0 bridgehead atoms. The zero-order valence-corrected chi connectivity index (χ0v) is 21.4. The highest BCUT2D eigenvalue weighted by Crippen LogP contribution is 2.59. The average molecular weight is 533 g/mol. The lowest BCUT2D eigenvalue weighted by atomic mass is 9.56. The van der Waals surface area contributed by atoms with Gasteiger partial charge in [-0.1, -0.05) is 54.6 Å². The molecule has 8 heteroatoms. The number of hydrogen-bond acceptors (Lipinski definition) is 5. The maximum atomic E-state index is 14.6. The molecular formula is C30H26ClFN2O4. The number of hydrogen-bond donors (Lipinski definition) is 2. The molecule has 5 rings (SSSR count). The summed E-state index contributed by atoms with van der Waals surface area (Å²) in [6.07, 6.45) is 3.81. The minimum Gasteiger partial charge on any atom is -0.504 e. The summed E-state index contributed by atoms with van der Waals surface area (Å²) in [7, 11) is 0. The monoisotopic (exact) mass is 532 g/mol. The van der Waals surface area contributed by atoms with Crippen LogP contribution in [-0.4, -0.2) is 28.5 Å².